The summed E-state index contributed by atoms with van der Waals surface area (Å²) in [7, 11) is -4.41. The second-order valence-electron chi connectivity index (χ2n) is 8.21. The fourth-order valence-corrected chi connectivity index (χ4v) is 4.89. The number of hydrogen-bond donors (Lipinski definition) is 0. The van der Waals surface area contributed by atoms with Gasteiger partial charge >= 0.3 is 13.8 Å². The van der Waals surface area contributed by atoms with Gasteiger partial charge in [0, 0.05) is 16.7 Å². The van der Waals surface area contributed by atoms with E-state index in [1.807, 2.05) is 84.9 Å². The first kappa shape index (κ1) is 26.0. The van der Waals surface area contributed by atoms with Gasteiger partial charge in [-0.05, 0) is 37.1 Å². The van der Waals surface area contributed by atoms with E-state index in [4.69, 9.17) is 18.3 Å². The topological polar surface area (TPSA) is 71.1 Å². The van der Waals surface area contributed by atoms with E-state index in [1.54, 1.807) is 24.3 Å². The smallest absolute Gasteiger partial charge is 0.432 e. The van der Waals surface area contributed by atoms with Crippen LogP contribution in [0.15, 0.2) is 121 Å². The summed E-state index contributed by atoms with van der Waals surface area (Å²) in [6.45, 7) is 6.51. The molecular weight excluding hydrogens is 487 g/mol. The van der Waals surface area contributed by atoms with Crippen molar-refractivity contribution < 1.29 is 27.7 Å². The number of phosphoric ester groups is 1. The molecule has 4 aromatic carbocycles. The van der Waals surface area contributed by atoms with Crippen LogP contribution in [0.5, 0.6) is 11.5 Å². The van der Waals surface area contributed by atoms with Gasteiger partial charge in [0.05, 0.1) is 0 Å². The van der Waals surface area contributed by atoms with E-state index in [9.17, 15) is 9.36 Å². The van der Waals surface area contributed by atoms with Gasteiger partial charge in [0.25, 0.3) is 0 Å². The molecule has 0 aliphatic carbocycles. The Hall–Kier alpha value is -4.12. The van der Waals surface area contributed by atoms with E-state index in [1.165, 1.54) is 13.8 Å². The summed E-state index contributed by atoms with van der Waals surface area (Å²) in [5.74, 6) is -0.117. The lowest BCUT2D eigenvalue weighted by Gasteiger charge is -2.24. The molecule has 37 heavy (non-hydrogen) atoms. The van der Waals surface area contributed by atoms with Crippen molar-refractivity contribution in [3.05, 3.63) is 121 Å². The molecule has 0 saturated carbocycles. The summed E-state index contributed by atoms with van der Waals surface area (Å²) in [6.07, 6.45) is -1.25. The van der Waals surface area contributed by atoms with Gasteiger partial charge in [-0.2, -0.15) is 0 Å². The fourth-order valence-electron chi connectivity index (χ4n) is 3.56. The van der Waals surface area contributed by atoms with Crippen LogP contribution in [0.2, 0.25) is 0 Å². The minimum absolute atomic E-state index is 0.177. The van der Waals surface area contributed by atoms with Crippen LogP contribution >= 0.6 is 7.82 Å². The minimum Gasteiger partial charge on any atom is -0.432 e. The average molecular weight is 515 g/mol. The Morgan fingerprint density at radius 1 is 0.703 bits per heavy atom. The SMILES string of the molecule is C=C(C)C(=O)OC(C)OP(=O)(Oc1ccccc1-c1ccccc1)Oc1ccccc1-c1ccccc1. The first-order valence-electron chi connectivity index (χ1n) is 11.7. The van der Waals surface area contributed by atoms with E-state index in [2.05, 4.69) is 6.58 Å². The number of ether oxygens (including phenoxy) is 1. The highest BCUT2D eigenvalue weighted by molar-refractivity contribution is 7.49. The summed E-state index contributed by atoms with van der Waals surface area (Å²) in [5, 5.41) is 0. The largest absolute Gasteiger partial charge is 0.590 e. The van der Waals surface area contributed by atoms with Crippen molar-refractivity contribution in [2.45, 2.75) is 20.1 Å². The number of rotatable bonds is 10. The normalized spacial score (nSPS) is 11.8. The molecule has 0 spiro atoms. The molecule has 0 radical (unpaired) electrons. The van der Waals surface area contributed by atoms with Crippen LogP contribution in [0.4, 0.5) is 0 Å². The van der Waals surface area contributed by atoms with Crippen LogP contribution in [0.1, 0.15) is 13.8 Å². The first-order chi connectivity index (χ1) is 17.8. The number of hydrogen-bond acceptors (Lipinski definition) is 6. The van der Waals surface area contributed by atoms with Gasteiger partial charge in [0.1, 0.15) is 11.5 Å². The number of benzene rings is 4. The summed E-state index contributed by atoms with van der Waals surface area (Å²) >= 11 is 0. The zero-order chi connectivity index (χ0) is 26.3. The third-order valence-corrected chi connectivity index (χ3v) is 6.66. The molecule has 0 fully saturated rings. The molecule has 0 bridgehead atoms. The van der Waals surface area contributed by atoms with Crippen LogP contribution in [-0.2, 0) is 18.6 Å². The van der Waals surface area contributed by atoms with E-state index in [0.717, 1.165) is 11.1 Å². The van der Waals surface area contributed by atoms with E-state index in [-0.39, 0.29) is 17.1 Å². The van der Waals surface area contributed by atoms with Crippen LogP contribution < -0.4 is 9.05 Å². The number of carbonyl (C=O) groups is 1. The van der Waals surface area contributed by atoms with E-state index < -0.39 is 20.1 Å². The molecule has 1 unspecified atom stereocenters. The molecule has 0 aliphatic heterocycles. The monoisotopic (exact) mass is 514 g/mol. The quantitative estimate of drug-likeness (QED) is 0.0922. The van der Waals surface area contributed by atoms with Crippen molar-refractivity contribution >= 4 is 13.8 Å². The Kier molecular flexibility index (Phi) is 8.24. The lowest BCUT2D eigenvalue weighted by atomic mass is 10.1. The summed E-state index contributed by atoms with van der Waals surface area (Å²) < 4.78 is 37.1. The van der Waals surface area contributed by atoms with Gasteiger partial charge in [-0.25, -0.2) is 13.9 Å². The van der Waals surface area contributed by atoms with Gasteiger partial charge in [0.2, 0.25) is 6.29 Å². The zero-order valence-electron chi connectivity index (χ0n) is 20.6. The Labute approximate surface area is 216 Å². The highest BCUT2D eigenvalue weighted by Crippen LogP contribution is 2.53. The van der Waals surface area contributed by atoms with Gasteiger partial charge in [-0.3, -0.25) is 0 Å². The Bertz CT molecular complexity index is 1330. The summed E-state index contributed by atoms with van der Waals surface area (Å²) in [4.78, 5) is 12.1. The number of phosphoric acid groups is 1. The molecule has 0 aliphatic rings. The predicted molar refractivity (Wildman–Crippen MR) is 144 cm³/mol. The zero-order valence-corrected chi connectivity index (χ0v) is 21.5. The van der Waals surface area contributed by atoms with Crippen LogP contribution in [-0.4, -0.2) is 12.3 Å². The maximum atomic E-state index is 14.2. The molecule has 0 heterocycles. The van der Waals surface area contributed by atoms with Crippen molar-refractivity contribution in [3.8, 4) is 33.8 Å². The number of esters is 1. The molecule has 6 nitrogen and oxygen atoms in total. The third-order valence-electron chi connectivity index (χ3n) is 5.26. The number of carbonyl (C=O) groups excluding carboxylic acids is 1. The van der Waals surface area contributed by atoms with Crippen molar-refractivity contribution in [2.75, 3.05) is 0 Å². The summed E-state index contributed by atoms with van der Waals surface area (Å²) in [6, 6.07) is 33.3. The highest BCUT2D eigenvalue weighted by Gasteiger charge is 2.36. The van der Waals surface area contributed by atoms with Crippen molar-refractivity contribution in [1.82, 2.24) is 0 Å². The lowest BCUT2D eigenvalue weighted by Crippen LogP contribution is -2.20. The molecule has 0 aromatic heterocycles. The Morgan fingerprint density at radius 2 is 1.11 bits per heavy atom. The Morgan fingerprint density at radius 3 is 1.54 bits per heavy atom. The molecule has 0 saturated heterocycles. The molecule has 4 aromatic rings. The van der Waals surface area contributed by atoms with Gasteiger partial charge in [-0.1, -0.05) is 104 Å². The van der Waals surface area contributed by atoms with Crippen LogP contribution in [0.3, 0.4) is 0 Å². The van der Waals surface area contributed by atoms with E-state index >= 15 is 0 Å². The van der Waals surface area contributed by atoms with Crippen LogP contribution in [0.25, 0.3) is 22.3 Å². The maximum Gasteiger partial charge on any atom is 0.590 e. The average Bonchev–Trinajstić information content (AvgIpc) is 2.90. The molecule has 188 valence electrons. The van der Waals surface area contributed by atoms with Crippen LogP contribution in [0, 0.1) is 0 Å². The molecule has 0 N–H and O–H groups in total. The van der Waals surface area contributed by atoms with Gasteiger partial charge < -0.3 is 13.8 Å². The van der Waals surface area contributed by atoms with E-state index in [0.29, 0.717) is 11.1 Å². The molecule has 4 rings (SSSR count). The van der Waals surface area contributed by atoms with Crippen molar-refractivity contribution in [1.29, 1.82) is 0 Å². The van der Waals surface area contributed by atoms with Gasteiger partial charge in [-0.15, -0.1) is 0 Å². The third kappa shape index (κ3) is 6.76. The lowest BCUT2D eigenvalue weighted by molar-refractivity contribution is -0.157. The van der Waals surface area contributed by atoms with Crippen molar-refractivity contribution in [3.63, 3.8) is 0 Å². The fraction of sp³-hybridized carbons (Fsp3) is 0.100. The Balaban J connectivity index is 1.72. The molecular formula is C30H27O6P. The minimum atomic E-state index is -4.41. The number of para-hydroxylation sites is 2. The predicted octanol–water partition coefficient (Wildman–Crippen LogP) is 8.07. The standard InChI is InChI=1S/C30H27O6P/c1-22(2)30(31)33-23(3)34-37(32,35-28-20-12-10-18-26(28)24-14-6-4-7-15-24)36-29-21-13-11-19-27(29)25-16-8-5-9-17-25/h4-21,23H,1H2,2-3H3. The van der Waals surface area contributed by atoms with Gasteiger partial charge in [0.15, 0.2) is 0 Å². The molecule has 1 atom stereocenters. The first-order valence-corrected chi connectivity index (χ1v) is 13.1. The molecule has 7 heteroatoms. The second kappa shape index (κ2) is 11.7. The summed E-state index contributed by atoms with van der Waals surface area (Å²) in [5.41, 5.74) is 3.28. The van der Waals surface area contributed by atoms with Crippen molar-refractivity contribution in [2.24, 2.45) is 0 Å². The highest BCUT2D eigenvalue weighted by atomic mass is 31.2. The second-order valence-corrected chi connectivity index (χ2v) is 9.68. The molecule has 0 amide bonds. The maximum absolute atomic E-state index is 14.2.